The van der Waals surface area contributed by atoms with Gasteiger partial charge in [0, 0.05) is 12.6 Å². The van der Waals surface area contributed by atoms with Crippen LogP contribution in [-0.2, 0) is 0 Å². The van der Waals surface area contributed by atoms with Crippen molar-refractivity contribution < 1.29 is 0 Å². The van der Waals surface area contributed by atoms with E-state index in [9.17, 15) is 0 Å². The highest BCUT2D eigenvalue weighted by Gasteiger charge is 2.02. The summed E-state index contributed by atoms with van der Waals surface area (Å²) in [6.07, 6.45) is 0. The van der Waals surface area contributed by atoms with Crippen LogP contribution in [0.4, 0.5) is 5.69 Å². The Morgan fingerprint density at radius 3 is 2.85 bits per heavy atom. The maximum atomic E-state index is 5.76. The van der Waals surface area contributed by atoms with Crippen molar-refractivity contribution in [2.24, 2.45) is 0 Å². The number of halogens is 2. The van der Waals surface area contributed by atoms with Crippen LogP contribution in [-0.4, -0.2) is 16.7 Å². The topological polar surface area (TPSA) is 37.8 Å². The van der Waals surface area contributed by atoms with Gasteiger partial charge >= 0.3 is 0 Å². The van der Waals surface area contributed by atoms with E-state index in [1.165, 1.54) is 0 Å². The van der Waals surface area contributed by atoms with Gasteiger partial charge in [0.15, 0.2) is 10.3 Å². The molecule has 13 heavy (non-hydrogen) atoms. The minimum Gasteiger partial charge on any atom is -0.379 e. The Morgan fingerprint density at radius 1 is 1.54 bits per heavy atom. The number of nitrogens with zero attached hydrogens (tertiary/aromatic N) is 2. The molecule has 0 aliphatic heterocycles. The van der Waals surface area contributed by atoms with Crippen molar-refractivity contribution in [2.45, 2.75) is 6.92 Å². The fourth-order valence-electron chi connectivity index (χ4n) is 0.723. The van der Waals surface area contributed by atoms with Crippen LogP contribution in [0.15, 0.2) is 18.2 Å². The van der Waals surface area contributed by atoms with Gasteiger partial charge in [-0.3, -0.25) is 0 Å². The molecule has 1 aromatic rings. The lowest BCUT2D eigenvalue weighted by Crippen LogP contribution is -2.03. The standard InChI is InChI=1S/C8H9Cl2N3/c1-5(2)4-11-6-3-7(9)12-13-8(6)10/h3H,1,4H2,2H3,(H,11,12). The summed E-state index contributed by atoms with van der Waals surface area (Å²) in [4.78, 5) is 0. The molecule has 1 rings (SSSR count). The summed E-state index contributed by atoms with van der Waals surface area (Å²) < 4.78 is 0. The van der Waals surface area contributed by atoms with Gasteiger partial charge < -0.3 is 5.32 Å². The van der Waals surface area contributed by atoms with Crippen molar-refractivity contribution in [3.8, 4) is 0 Å². The summed E-state index contributed by atoms with van der Waals surface area (Å²) >= 11 is 11.4. The number of hydrogen-bond donors (Lipinski definition) is 1. The van der Waals surface area contributed by atoms with E-state index in [-0.39, 0.29) is 0 Å². The Morgan fingerprint density at radius 2 is 2.23 bits per heavy atom. The molecule has 0 spiro atoms. The smallest absolute Gasteiger partial charge is 0.174 e. The molecule has 0 unspecified atom stereocenters. The molecule has 0 atom stereocenters. The minimum atomic E-state index is 0.311. The number of rotatable bonds is 3. The predicted molar refractivity (Wildman–Crippen MR) is 55.4 cm³/mol. The second-order valence-corrected chi connectivity index (χ2v) is 3.43. The molecule has 0 aromatic carbocycles. The van der Waals surface area contributed by atoms with E-state index in [2.05, 4.69) is 22.1 Å². The van der Waals surface area contributed by atoms with Crippen LogP contribution in [0.1, 0.15) is 6.92 Å². The molecule has 0 aliphatic rings. The third-order valence-electron chi connectivity index (χ3n) is 1.30. The third-order valence-corrected chi connectivity index (χ3v) is 1.76. The molecule has 0 bridgehead atoms. The molecule has 0 saturated carbocycles. The van der Waals surface area contributed by atoms with E-state index in [0.29, 0.717) is 22.5 Å². The van der Waals surface area contributed by atoms with E-state index in [0.717, 1.165) is 5.57 Å². The Kier molecular flexibility index (Phi) is 3.51. The van der Waals surface area contributed by atoms with Crippen molar-refractivity contribution in [3.05, 3.63) is 28.5 Å². The lowest BCUT2D eigenvalue weighted by Gasteiger charge is -2.06. The Bertz CT molecular complexity index is 325. The van der Waals surface area contributed by atoms with E-state index in [4.69, 9.17) is 23.2 Å². The first-order valence-electron chi connectivity index (χ1n) is 3.66. The van der Waals surface area contributed by atoms with Gasteiger partial charge in [0.1, 0.15) is 0 Å². The van der Waals surface area contributed by atoms with E-state index in [1.54, 1.807) is 6.07 Å². The quantitative estimate of drug-likeness (QED) is 0.792. The SMILES string of the molecule is C=C(C)CNc1cc(Cl)nnc1Cl. The lowest BCUT2D eigenvalue weighted by atomic mass is 10.3. The zero-order chi connectivity index (χ0) is 9.84. The maximum Gasteiger partial charge on any atom is 0.174 e. The van der Waals surface area contributed by atoms with E-state index < -0.39 is 0 Å². The summed E-state index contributed by atoms with van der Waals surface area (Å²) in [6, 6.07) is 1.62. The number of nitrogens with one attached hydrogen (secondary N) is 1. The number of hydrogen-bond acceptors (Lipinski definition) is 3. The van der Waals surface area contributed by atoms with Gasteiger partial charge in [-0.15, -0.1) is 10.2 Å². The Hall–Kier alpha value is -0.800. The molecule has 0 radical (unpaired) electrons. The molecule has 1 heterocycles. The monoisotopic (exact) mass is 217 g/mol. The Balaban J connectivity index is 2.75. The van der Waals surface area contributed by atoms with Crippen LogP contribution in [0, 0.1) is 0 Å². The molecular weight excluding hydrogens is 209 g/mol. The zero-order valence-corrected chi connectivity index (χ0v) is 8.65. The van der Waals surface area contributed by atoms with Gasteiger partial charge in [0.05, 0.1) is 5.69 Å². The van der Waals surface area contributed by atoms with Gasteiger partial charge in [-0.1, -0.05) is 35.4 Å². The largest absolute Gasteiger partial charge is 0.379 e. The van der Waals surface area contributed by atoms with Crippen molar-refractivity contribution in [3.63, 3.8) is 0 Å². The number of anilines is 1. The van der Waals surface area contributed by atoms with Crippen molar-refractivity contribution in [1.29, 1.82) is 0 Å². The third kappa shape index (κ3) is 3.20. The lowest BCUT2D eigenvalue weighted by molar-refractivity contribution is 1.03. The molecule has 0 aliphatic carbocycles. The van der Waals surface area contributed by atoms with Crippen LogP contribution in [0.3, 0.4) is 0 Å². The number of aromatic nitrogens is 2. The van der Waals surface area contributed by atoms with Crippen molar-refractivity contribution in [2.75, 3.05) is 11.9 Å². The molecule has 0 fully saturated rings. The average molecular weight is 218 g/mol. The first-order chi connectivity index (χ1) is 6.09. The van der Waals surface area contributed by atoms with Gasteiger partial charge in [-0.05, 0) is 6.92 Å². The normalized spacial score (nSPS) is 9.77. The molecule has 1 aromatic heterocycles. The molecule has 70 valence electrons. The molecule has 5 heteroatoms. The van der Waals surface area contributed by atoms with Crippen molar-refractivity contribution in [1.82, 2.24) is 10.2 Å². The molecule has 0 saturated heterocycles. The highest BCUT2D eigenvalue weighted by Crippen LogP contribution is 2.20. The Labute approximate surface area is 86.8 Å². The first kappa shape index (κ1) is 10.3. The fourth-order valence-corrected chi connectivity index (χ4v) is 1.03. The van der Waals surface area contributed by atoms with Gasteiger partial charge in [0.25, 0.3) is 0 Å². The zero-order valence-electron chi connectivity index (χ0n) is 7.14. The van der Waals surface area contributed by atoms with Gasteiger partial charge in [-0.25, -0.2) is 0 Å². The molecule has 3 nitrogen and oxygen atoms in total. The molecular formula is C8H9Cl2N3. The highest BCUT2D eigenvalue weighted by atomic mass is 35.5. The van der Waals surface area contributed by atoms with Gasteiger partial charge in [0.2, 0.25) is 0 Å². The van der Waals surface area contributed by atoms with Crippen molar-refractivity contribution >= 4 is 28.9 Å². The predicted octanol–water partition coefficient (Wildman–Crippen LogP) is 2.77. The second-order valence-electron chi connectivity index (χ2n) is 2.68. The maximum absolute atomic E-state index is 5.76. The fraction of sp³-hybridized carbons (Fsp3) is 0.250. The second kappa shape index (κ2) is 4.44. The summed E-state index contributed by atoms with van der Waals surface area (Å²) in [6.45, 7) is 6.30. The van der Waals surface area contributed by atoms with Crippen LogP contribution < -0.4 is 5.32 Å². The van der Waals surface area contributed by atoms with E-state index >= 15 is 0 Å². The van der Waals surface area contributed by atoms with Gasteiger partial charge in [-0.2, -0.15) is 0 Å². The summed E-state index contributed by atoms with van der Waals surface area (Å²) in [5.41, 5.74) is 1.67. The summed E-state index contributed by atoms with van der Waals surface area (Å²) in [5, 5.41) is 10.9. The minimum absolute atomic E-state index is 0.311. The van der Waals surface area contributed by atoms with Crippen LogP contribution in [0.25, 0.3) is 0 Å². The molecule has 1 N–H and O–H groups in total. The van der Waals surface area contributed by atoms with E-state index in [1.807, 2.05) is 6.92 Å². The summed E-state index contributed by atoms with van der Waals surface area (Å²) in [7, 11) is 0. The average Bonchev–Trinajstić information content (AvgIpc) is 2.06. The van der Waals surface area contributed by atoms with Crippen LogP contribution in [0.5, 0.6) is 0 Å². The molecule has 0 amide bonds. The summed E-state index contributed by atoms with van der Waals surface area (Å²) in [5.74, 6) is 0. The first-order valence-corrected chi connectivity index (χ1v) is 4.42. The highest BCUT2D eigenvalue weighted by molar-refractivity contribution is 6.33. The van der Waals surface area contributed by atoms with Crippen LogP contribution >= 0.6 is 23.2 Å². The van der Waals surface area contributed by atoms with Crippen LogP contribution in [0.2, 0.25) is 10.3 Å².